The molecule has 25 heavy (non-hydrogen) atoms. The van der Waals surface area contributed by atoms with Crippen molar-refractivity contribution in [2.24, 2.45) is 0 Å². The molecule has 1 aromatic heterocycles. The minimum atomic E-state index is 0.884. The lowest BCUT2D eigenvalue weighted by atomic mass is 10.0. The second kappa shape index (κ2) is 5.49. The molecule has 0 aliphatic carbocycles. The quantitative estimate of drug-likeness (QED) is 0.355. The number of furan rings is 1. The van der Waals surface area contributed by atoms with Crippen LogP contribution in [0, 0.1) is 6.92 Å². The summed E-state index contributed by atoms with van der Waals surface area (Å²) in [5.41, 5.74) is 5.83. The van der Waals surface area contributed by atoms with Crippen LogP contribution in [0.4, 0.5) is 0 Å². The molecule has 1 heteroatoms. The predicted octanol–water partition coefficient (Wildman–Crippen LogP) is 6.64. The van der Waals surface area contributed by atoms with Crippen molar-refractivity contribution in [2.75, 3.05) is 0 Å². The molecule has 1 heterocycles. The Balaban J connectivity index is 1.74. The van der Waals surface area contributed by atoms with E-state index in [2.05, 4.69) is 85.8 Å². The van der Waals surface area contributed by atoms with Gasteiger partial charge in [-0.3, -0.25) is 0 Å². The van der Waals surface area contributed by atoms with Crippen molar-refractivity contribution in [3.05, 3.63) is 95.6 Å². The van der Waals surface area contributed by atoms with Crippen LogP contribution >= 0.6 is 0 Å². The second-order valence-electron chi connectivity index (χ2n) is 6.72. The molecule has 1 nitrogen and oxygen atoms in total. The van der Waals surface area contributed by atoms with Crippen LogP contribution in [0.25, 0.3) is 32.7 Å². The van der Waals surface area contributed by atoms with Crippen molar-refractivity contribution in [3.63, 3.8) is 0 Å². The molecular formula is C24H18O. The molecule has 0 saturated carbocycles. The largest absolute Gasteiger partial charge is 0.455 e. The van der Waals surface area contributed by atoms with E-state index in [9.17, 15) is 0 Å². The number of benzene rings is 4. The normalized spacial score (nSPS) is 11.6. The highest BCUT2D eigenvalue weighted by Crippen LogP contribution is 2.35. The van der Waals surface area contributed by atoms with E-state index in [4.69, 9.17) is 4.42 Å². The third-order valence-electron chi connectivity index (χ3n) is 4.99. The second-order valence-corrected chi connectivity index (χ2v) is 6.72. The van der Waals surface area contributed by atoms with Gasteiger partial charge >= 0.3 is 0 Å². The third-order valence-corrected chi connectivity index (χ3v) is 4.99. The van der Waals surface area contributed by atoms with Crippen molar-refractivity contribution in [1.29, 1.82) is 0 Å². The van der Waals surface area contributed by atoms with Crippen molar-refractivity contribution in [1.82, 2.24) is 0 Å². The monoisotopic (exact) mass is 322 g/mol. The van der Waals surface area contributed by atoms with E-state index in [1.807, 2.05) is 0 Å². The molecule has 5 aromatic rings. The number of aryl methyl sites for hydroxylation is 1. The Kier molecular flexibility index (Phi) is 3.14. The van der Waals surface area contributed by atoms with Crippen LogP contribution in [0.3, 0.4) is 0 Å². The highest BCUT2D eigenvalue weighted by molar-refractivity contribution is 6.15. The van der Waals surface area contributed by atoms with Gasteiger partial charge in [0.25, 0.3) is 0 Å². The van der Waals surface area contributed by atoms with Crippen LogP contribution in [0.2, 0.25) is 0 Å². The maximum absolute atomic E-state index is 6.39. The minimum Gasteiger partial charge on any atom is -0.455 e. The van der Waals surface area contributed by atoms with E-state index in [1.165, 1.54) is 38.2 Å². The molecule has 0 bridgehead atoms. The summed E-state index contributed by atoms with van der Waals surface area (Å²) >= 11 is 0. The fraction of sp³-hybridized carbons (Fsp3) is 0.0833. The number of hydrogen-bond donors (Lipinski definition) is 0. The van der Waals surface area contributed by atoms with Gasteiger partial charge in [-0.1, -0.05) is 78.4 Å². The van der Waals surface area contributed by atoms with Crippen LogP contribution in [0.1, 0.15) is 16.7 Å². The standard InChI is InChI=1S/C24H18O/c1-16-9-11-17(12-10-16)15-19-6-4-8-21-22-14-13-18-5-2-3-7-20(18)24(22)25-23(19)21/h2-14H,15H2,1H3. The van der Waals surface area contributed by atoms with Crippen molar-refractivity contribution < 1.29 is 4.42 Å². The fourth-order valence-corrected chi connectivity index (χ4v) is 3.65. The van der Waals surface area contributed by atoms with E-state index < -0.39 is 0 Å². The first-order chi connectivity index (χ1) is 12.3. The highest BCUT2D eigenvalue weighted by Gasteiger charge is 2.13. The summed E-state index contributed by atoms with van der Waals surface area (Å²) in [6.45, 7) is 2.12. The maximum atomic E-state index is 6.39. The summed E-state index contributed by atoms with van der Waals surface area (Å²) in [4.78, 5) is 0. The molecule has 5 rings (SSSR count). The minimum absolute atomic E-state index is 0.884. The van der Waals surface area contributed by atoms with Gasteiger partial charge in [0.2, 0.25) is 0 Å². The molecule has 0 aliphatic rings. The summed E-state index contributed by atoms with van der Waals surface area (Å²) in [6.07, 6.45) is 0.884. The SMILES string of the molecule is Cc1ccc(Cc2cccc3c2oc2c4ccccc4ccc32)cc1. The number of hydrogen-bond acceptors (Lipinski definition) is 1. The van der Waals surface area contributed by atoms with Gasteiger partial charge in [-0.25, -0.2) is 0 Å². The van der Waals surface area contributed by atoms with E-state index in [1.54, 1.807) is 0 Å². The van der Waals surface area contributed by atoms with Gasteiger partial charge in [-0.05, 0) is 29.5 Å². The first-order valence-corrected chi connectivity index (χ1v) is 8.67. The summed E-state index contributed by atoms with van der Waals surface area (Å²) in [5, 5.41) is 4.79. The topological polar surface area (TPSA) is 13.1 Å². The Bertz CT molecular complexity index is 1210. The Labute approximate surface area is 146 Å². The van der Waals surface area contributed by atoms with Crippen molar-refractivity contribution >= 4 is 32.7 Å². The molecule has 0 unspecified atom stereocenters. The van der Waals surface area contributed by atoms with Gasteiger partial charge in [-0.15, -0.1) is 0 Å². The average Bonchev–Trinajstić information content (AvgIpc) is 3.04. The summed E-state index contributed by atoms with van der Waals surface area (Å²) in [5.74, 6) is 0. The van der Waals surface area contributed by atoms with Crippen LogP contribution < -0.4 is 0 Å². The predicted molar refractivity (Wildman–Crippen MR) is 105 cm³/mol. The zero-order valence-corrected chi connectivity index (χ0v) is 14.1. The molecule has 120 valence electrons. The summed E-state index contributed by atoms with van der Waals surface area (Å²) in [6, 6.07) is 28.0. The average molecular weight is 322 g/mol. The van der Waals surface area contributed by atoms with Gasteiger partial charge < -0.3 is 4.42 Å². The van der Waals surface area contributed by atoms with Gasteiger partial charge in [0.1, 0.15) is 11.2 Å². The third kappa shape index (κ3) is 2.32. The number of fused-ring (bicyclic) bond motifs is 5. The lowest BCUT2D eigenvalue weighted by molar-refractivity contribution is 0.668. The van der Waals surface area contributed by atoms with Crippen molar-refractivity contribution in [3.8, 4) is 0 Å². The van der Waals surface area contributed by atoms with Crippen molar-refractivity contribution in [2.45, 2.75) is 13.3 Å². The van der Waals surface area contributed by atoms with E-state index in [-0.39, 0.29) is 0 Å². The van der Waals surface area contributed by atoms with Crippen LogP contribution in [-0.4, -0.2) is 0 Å². The molecule has 0 amide bonds. The van der Waals surface area contributed by atoms with Gasteiger partial charge in [0, 0.05) is 22.6 Å². The Morgan fingerprint density at radius 2 is 1.40 bits per heavy atom. The van der Waals surface area contributed by atoms with Gasteiger partial charge in [0.15, 0.2) is 0 Å². The molecule has 0 fully saturated rings. The van der Waals surface area contributed by atoms with Gasteiger partial charge in [-0.2, -0.15) is 0 Å². The molecule has 0 atom stereocenters. The van der Waals surface area contributed by atoms with Crippen LogP contribution in [0.15, 0.2) is 83.3 Å². The molecule has 0 saturated heterocycles. The van der Waals surface area contributed by atoms with Gasteiger partial charge in [0.05, 0.1) is 0 Å². The molecular weight excluding hydrogens is 304 g/mol. The smallest absolute Gasteiger partial charge is 0.143 e. The first kappa shape index (κ1) is 14.3. The summed E-state index contributed by atoms with van der Waals surface area (Å²) < 4.78 is 6.39. The molecule has 0 radical (unpaired) electrons. The number of rotatable bonds is 2. The van der Waals surface area contributed by atoms with Crippen LogP contribution in [-0.2, 0) is 6.42 Å². The Morgan fingerprint density at radius 3 is 2.28 bits per heavy atom. The van der Waals surface area contributed by atoms with E-state index in [0.29, 0.717) is 0 Å². The number of para-hydroxylation sites is 1. The molecule has 0 aliphatic heterocycles. The van der Waals surface area contributed by atoms with E-state index >= 15 is 0 Å². The lowest BCUT2D eigenvalue weighted by Crippen LogP contribution is -1.88. The fourth-order valence-electron chi connectivity index (χ4n) is 3.65. The van der Waals surface area contributed by atoms with Crippen LogP contribution in [0.5, 0.6) is 0 Å². The lowest BCUT2D eigenvalue weighted by Gasteiger charge is -2.03. The molecule has 4 aromatic carbocycles. The summed E-state index contributed by atoms with van der Waals surface area (Å²) in [7, 11) is 0. The molecule has 0 N–H and O–H groups in total. The van der Waals surface area contributed by atoms with E-state index in [0.717, 1.165) is 17.6 Å². The first-order valence-electron chi connectivity index (χ1n) is 8.67. The Hall–Kier alpha value is -3.06. The highest BCUT2D eigenvalue weighted by atomic mass is 16.3. The zero-order valence-electron chi connectivity index (χ0n) is 14.1. The zero-order chi connectivity index (χ0) is 16.8. The maximum Gasteiger partial charge on any atom is 0.143 e. The Morgan fingerprint density at radius 1 is 0.640 bits per heavy atom. The molecule has 0 spiro atoms.